The van der Waals surface area contributed by atoms with E-state index >= 15 is 0 Å². The van der Waals surface area contributed by atoms with Crippen molar-refractivity contribution in [1.82, 2.24) is 5.32 Å². The van der Waals surface area contributed by atoms with E-state index in [0.29, 0.717) is 11.1 Å². The van der Waals surface area contributed by atoms with Crippen molar-refractivity contribution in [2.24, 2.45) is 0 Å². The third-order valence-corrected chi connectivity index (χ3v) is 2.92. The van der Waals surface area contributed by atoms with E-state index in [9.17, 15) is 13.6 Å². The molecule has 0 aliphatic heterocycles. The van der Waals surface area contributed by atoms with Crippen LogP contribution < -0.4 is 10.1 Å². The molecule has 0 aliphatic carbocycles. The van der Waals surface area contributed by atoms with Gasteiger partial charge in [-0.1, -0.05) is 24.3 Å². The Morgan fingerprint density at radius 1 is 1.14 bits per heavy atom. The second-order valence-corrected chi connectivity index (χ2v) is 4.58. The van der Waals surface area contributed by atoms with Gasteiger partial charge in [-0.25, -0.2) is 8.78 Å². The molecule has 2 aromatic rings. The van der Waals surface area contributed by atoms with Crippen LogP contribution in [0.5, 0.6) is 5.75 Å². The van der Waals surface area contributed by atoms with Crippen molar-refractivity contribution in [2.75, 3.05) is 6.61 Å². The van der Waals surface area contributed by atoms with Crippen LogP contribution in [0, 0.1) is 18.6 Å². The first-order valence-electron chi connectivity index (χ1n) is 6.45. The van der Waals surface area contributed by atoms with Crippen LogP contribution in [0.3, 0.4) is 0 Å². The zero-order chi connectivity index (χ0) is 15.2. The fourth-order valence-corrected chi connectivity index (χ4v) is 1.70. The van der Waals surface area contributed by atoms with Gasteiger partial charge >= 0.3 is 0 Å². The molecule has 0 fully saturated rings. The normalized spacial score (nSPS) is 10.2. The molecule has 0 saturated heterocycles. The summed E-state index contributed by atoms with van der Waals surface area (Å²) in [6.07, 6.45) is 0. The van der Waals surface area contributed by atoms with Gasteiger partial charge in [0, 0.05) is 6.54 Å². The molecule has 21 heavy (non-hydrogen) atoms. The number of ether oxygens (including phenoxy) is 1. The summed E-state index contributed by atoms with van der Waals surface area (Å²) in [5.41, 5.74) is 1.20. The lowest BCUT2D eigenvalue weighted by molar-refractivity contribution is -0.123. The Labute approximate surface area is 121 Å². The number of rotatable bonds is 5. The molecule has 0 bridgehead atoms. The number of amides is 1. The van der Waals surface area contributed by atoms with Gasteiger partial charge in [-0.15, -0.1) is 0 Å². The maximum Gasteiger partial charge on any atom is 0.258 e. The number of hydrogen-bond donors (Lipinski definition) is 1. The number of benzene rings is 2. The van der Waals surface area contributed by atoms with Gasteiger partial charge in [-0.2, -0.15) is 0 Å². The lowest BCUT2D eigenvalue weighted by Crippen LogP contribution is -2.28. The van der Waals surface area contributed by atoms with Crippen LogP contribution in [0.4, 0.5) is 8.78 Å². The van der Waals surface area contributed by atoms with Gasteiger partial charge < -0.3 is 10.1 Å². The molecule has 0 spiro atoms. The summed E-state index contributed by atoms with van der Waals surface area (Å²) in [7, 11) is 0. The van der Waals surface area contributed by atoms with E-state index < -0.39 is 11.7 Å². The molecule has 0 unspecified atom stereocenters. The van der Waals surface area contributed by atoms with Crippen LogP contribution in [-0.4, -0.2) is 12.5 Å². The van der Waals surface area contributed by atoms with Crippen LogP contribution >= 0.6 is 0 Å². The van der Waals surface area contributed by atoms with Crippen LogP contribution in [0.2, 0.25) is 0 Å². The van der Waals surface area contributed by atoms with E-state index in [1.54, 1.807) is 25.1 Å². The van der Waals surface area contributed by atoms with Gasteiger partial charge in [-0.3, -0.25) is 4.79 Å². The van der Waals surface area contributed by atoms with Crippen LogP contribution in [0.1, 0.15) is 11.1 Å². The van der Waals surface area contributed by atoms with Crippen LogP contribution in [0.25, 0.3) is 0 Å². The standard InChI is InChI=1S/C16H15F2NO2/c1-11-6-7-12(8-14(11)18)9-19-16(20)10-21-15-5-3-2-4-13(15)17/h2-8H,9-10H2,1H3,(H,19,20). The smallest absolute Gasteiger partial charge is 0.258 e. The fraction of sp³-hybridized carbons (Fsp3) is 0.188. The molecule has 0 aliphatic rings. The highest BCUT2D eigenvalue weighted by Gasteiger charge is 2.06. The third-order valence-electron chi connectivity index (χ3n) is 2.92. The van der Waals surface area contributed by atoms with Gasteiger partial charge in [0.1, 0.15) is 5.82 Å². The fourth-order valence-electron chi connectivity index (χ4n) is 1.70. The second-order valence-electron chi connectivity index (χ2n) is 4.58. The van der Waals surface area contributed by atoms with Crippen molar-refractivity contribution in [3.05, 3.63) is 65.2 Å². The van der Waals surface area contributed by atoms with Gasteiger partial charge in [0.25, 0.3) is 5.91 Å². The van der Waals surface area contributed by atoms with Crippen LogP contribution in [-0.2, 0) is 11.3 Å². The predicted octanol–water partition coefficient (Wildman–Crippen LogP) is 2.97. The van der Waals surface area contributed by atoms with E-state index in [1.165, 1.54) is 24.3 Å². The Kier molecular flexibility index (Phi) is 4.87. The van der Waals surface area contributed by atoms with Crippen molar-refractivity contribution < 1.29 is 18.3 Å². The van der Waals surface area contributed by atoms with Gasteiger partial charge in [-0.05, 0) is 36.2 Å². The van der Waals surface area contributed by atoms with E-state index in [2.05, 4.69) is 5.32 Å². The topological polar surface area (TPSA) is 38.3 Å². The van der Waals surface area contributed by atoms with Crippen molar-refractivity contribution in [3.63, 3.8) is 0 Å². The largest absolute Gasteiger partial charge is 0.481 e. The summed E-state index contributed by atoms with van der Waals surface area (Å²) >= 11 is 0. The van der Waals surface area contributed by atoms with Crippen molar-refractivity contribution in [2.45, 2.75) is 13.5 Å². The average Bonchev–Trinajstić information content (AvgIpc) is 2.47. The molecule has 110 valence electrons. The molecule has 2 aromatic carbocycles. The number of halogens is 2. The van der Waals surface area contributed by atoms with Gasteiger partial charge in [0.2, 0.25) is 0 Å². The van der Waals surface area contributed by atoms with Crippen LogP contribution in [0.15, 0.2) is 42.5 Å². The molecule has 1 amide bonds. The molecule has 0 atom stereocenters. The summed E-state index contributed by atoms with van der Waals surface area (Å²) < 4.78 is 31.7. The summed E-state index contributed by atoms with van der Waals surface area (Å²) in [5, 5.41) is 2.58. The van der Waals surface area contributed by atoms with Gasteiger partial charge in [0.05, 0.1) is 0 Å². The zero-order valence-electron chi connectivity index (χ0n) is 11.5. The lowest BCUT2D eigenvalue weighted by Gasteiger charge is -2.08. The molecule has 2 rings (SSSR count). The van der Waals surface area contributed by atoms with E-state index in [-0.39, 0.29) is 24.7 Å². The first-order valence-corrected chi connectivity index (χ1v) is 6.45. The zero-order valence-corrected chi connectivity index (χ0v) is 11.5. The minimum absolute atomic E-state index is 0.0223. The maximum absolute atomic E-state index is 13.3. The van der Waals surface area contributed by atoms with Crippen molar-refractivity contribution in [1.29, 1.82) is 0 Å². The number of hydrogen-bond acceptors (Lipinski definition) is 2. The predicted molar refractivity (Wildman–Crippen MR) is 74.9 cm³/mol. The lowest BCUT2D eigenvalue weighted by atomic mass is 10.1. The molecule has 5 heteroatoms. The summed E-state index contributed by atoms with van der Waals surface area (Å²) in [5.74, 6) is -1.22. The minimum atomic E-state index is -0.522. The molecule has 0 aromatic heterocycles. The number of nitrogens with one attached hydrogen (secondary N) is 1. The van der Waals surface area contributed by atoms with E-state index in [0.717, 1.165) is 0 Å². The molecule has 0 saturated carbocycles. The SMILES string of the molecule is Cc1ccc(CNC(=O)COc2ccccc2F)cc1F. The summed E-state index contributed by atoms with van der Waals surface area (Å²) in [4.78, 5) is 11.6. The molecule has 3 nitrogen and oxygen atoms in total. The number of carbonyl (C=O) groups is 1. The quantitative estimate of drug-likeness (QED) is 0.919. The van der Waals surface area contributed by atoms with Crippen molar-refractivity contribution in [3.8, 4) is 5.75 Å². The Morgan fingerprint density at radius 2 is 1.90 bits per heavy atom. The van der Waals surface area contributed by atoms with Crippen molar-refractivity contribution >= 4 is 5.91 Å². The highest BCUT2D eigenvalue weighted by molar-refractivity contribution is 5.77. The van der Waals surface area contributed by atoms with E-state index in [1.807, 2.05) is 0 Å². The monoisotopic (exact) mass is 291 g/mol. The summed E-state index contributed by atoms with van der Waals surface area (Å²) in [6, 6.07) is 10.6. The highest BCUT2D eigenvalue weighted by Crippen LogP contribution is 2.15. The Hall–Kier alpha value is -2.43. The summed E-state index contributed by atoms with van der Waals surface area (Å²) in [6.45, 7) is 1.56. The Bertz CT molecular complexity index is 644. The molecule has 1 N–H and O–H groups in total. The number of para-hydroxylation sites is 1. The minimum Gasteiger partial charge on any atom is -0.481 e. The number of carbonyl (C=O) groups excluding carboxylic acids is 1. The maximum atomic E-state index is 13.3. The molecule has 0 heterocycles. The molecular formula is C16H15F2NO2. The Balaban J connectivity index is 1.82. The average molecular weight is 291 g/mol. The second kappa shape index (κ2) is 6.83. The Morgan fingerprint density at radius 3 is 2.62 bits per heavy atom. The molecule has 0 radical (unpaired) electrons. The van der Waals surface area contributed by atoms with E-state index in [4.69, 9.17) is 4.74 Å². The molecular weight excluding hydrogens is 276 g/mol. The third kappa shape index (κ3) is 4.27. The number of aryl methyl sites for hydroxylation is 1. The van der Waals surface area contributed by atoms with Gasteiger partial charge in [0.15, 0.2) is 18.2 Å². The highest BCUT2D eigenvalue weighted by atomic mass is 19.1. The first kappa shape index (κ1) is 15.0. The first-order chi connectivity index (χ1) is 10.1.